The number of ketones is 1. The van der Waals surface area contributed by atoms with Crippen LogP contribution in [-0.2, 0) is 4.79 Å². The van der Waals surface area contributed by atoms with E-state index < -0.39 is 0 Å². The Kier molecular flexibility index (Phi) is 6.16. The van der Waals surface area contributed by atoms with Gasteiger partial charge in [-0.15, -0.1) is 0 Å². The summed E-state index contributed by atoms with van der Waals surface area (Å²) in [5.74, 6) is -0.668. The second-order valence-electron chi connectivity index (χ2n) is 6.61. The van der Waals surface area contributed by atoms with Gasteiger partial charge >= 0.3 is 0 Å². The zero-order valence-corrected chi connectivity index (χ0v) is 17.7. The van der Waals surface area contributed by atoms with E-state index in [1.165, 1.54) is 6.07 Å². The molecule has 4 rings (SSSR count). The largest absolute Gasteiger partial charge is 0.325 e. The number of benzene rings is 3. The molecule has 0 aliphatic rings. The number of hydrogen-bond acceptors (Lipinski definition) is 5. The van der Waals surface area contributed by atoms with Gasteiger partial charge in [0.2, 0.25) is 5.91 Å². The molecule has 0 saturated heterocycles. The van der Waals surface area contributed by atoms with Gasteiger partial charge in [0, 0.05) is 16.1 Å². The zero-order chi connectivity index (χ0) is 21.8. The third-order valence-corrected chi connectivity index (χ3v) is 5.64. The predicted octanol–water partition coefficient (Wildman–Crippen LogP) is 4.54. The molecule has 0 radical (unpaired) electrons. The van der Waals surface area contributed by atoms with Gasteiger partial charge in [0.1, 0.15) is 0 Å². The number of amides is 1. The zero-order valence-electron chi connectivity index (χ0n) is 16.1. The van der Waals surface area contributed by atoms with Crippen LogP contribution < -0.4 is 10.9 Å². The summed E-state index contributed by atoms with van der Waals surface area (Å²) < 4.78 is 0. The first kappa shape index (κ1) is 20.8. The molecule has 0 fully saturated rings. The fraction of sp³-hybridized carbons (Fsp3) is 0.0435. The van der Waals surface area contributed by atoms with E-state index in [1.54, 1.807) is 54.6 Å². The Morgan fingerprint density at radius 2 is 1.74 bits per heavy atom. The molecule has 0 aliphatic heterocycles. The standard InChI is InChI=1S/C23H16ClN3O3S/c24-15-10-11-17(16(12-15)21(29)14-6-2-1-3-7-14)25-20(28)13-31-23-22(30)26-18-8-4-5-9-19(18)27-23/h1-12H,13H2,(H,25,28)(H,26,30). The molecular formula is C23H16ClN3O3S. The molecule has 8 heteroatoms. The van der Waals surface area contributed by atoms with Crippen molar-refractivity contribution in [2.24, 2.45) is 0 Å². The highest BCUT2D eigenvalue weighted by Gasteiger charge is 2.17. The molecular weight excluding hydrogens is 434 g/mol. The normalized spacial score (nSPS) is 10.7. The second-order valence-corrected chi connectivity index (χ2v) is 8.01. The van der Waals surface area contributed by atoms with Crippen LogP contribution in [0.2, 0.25) is 5.02 Å². The van der Waals surface area contributed by atoms with E-state index in [0.717, 1.165) is 11.8 Å². The first-order chi connectivity index (χ1) is 15.0. The first-order valence-electron chi connectivity index (χ1n) is 9.32. The molecule has 0 spiro atoms. The highest BCUT2D eigenvalue weighted by molar-refractivity contribution is 7.99. The summed E-state index contributed by atoms with van der Waals surface area (Å²) >= 11 is 7.10. The number of thioether (sulfide) groups is 1. The number of anilines is 1. The van der Waals surface area contributed by atoms with Crippen molar-refractivity contribution in [3.63, 3.8) is 0 Å². The van der Waals surface area contributed by atoms with Gasteiger partial charge in [-0.05, 0) is 30.3 Å². The molecule has 154 valence electrons. The van der Waals surface area contributed by atoms with E-state index in [-0.39, 0.29) is 28.0 Å². The number of H-pyrrole nitrogens is 1. The van der Waals surface area contributed by atoms with E-state index >= 15 is 0 Å². The third-order valence-electron chi connectivity index (χ3n) is 4.44. The van der Waals surface area contributed by atoms with Crippen molar-refractivity contribution in [2.45, 2.75) is 5.03 Å². The maximum absolute atomic E-state index is 12.9. The van der Waals surface area contributed by atoms with Crippen LogP contribution in [0.5, 0.6) is 0 Å². The van der Waals surface area contributed by atoms with Crippen LogP contribution in [0.25, 0.3) is 11.0 Å². The van der Waals surface area contributed by atoms with Gasteiger partial charge < -0.3 is 10.3 Å². The molecule has 6 nitrogen and oxygen atoms in total. The summed E-state index contributed by atoms with van der Waals surface area (Å²) in [6, 6.07) is 20.6. The maximum atomic E-state index is 12.9. The maximum Gasteiger partial charge on any atom is 0.280 e. The van der Waals surface area contributed by atoms with Crippen molar-refractivity contribution < 1.29 is 9.59 Å². The molecule has 1 heterocycles. The van der Waals surface area contributed by atoms with Crippen LogP contribution in [0.4, 0.5) is 5.69 Å². The van der Waals surface area contributed by atoms with Crippen LogP contribution in [0.1, 0.15) is 15.9 Å². The SMILES string of the molecule is O=C(CSc1nc2ccccc2[nH]c1=O)Nc1ccc(Cl)cc1C(=O)c1ccccc1. The van der Waals surface area contributed by atoms with Crippen LogP contribution >= 0.6 is 23.4 Å². The van der Waals surface area contributed by atoms with Gasteiger partial charge in [0.25, 0.3) is 5.56 Å². The molecule has 2 N–H and O–H groups in total. The van der Waals surface area contributed by atoms with E-state index in [1.807, 2.05) is 12.1 Å². The van der Waals surface area contributed by atoms with Crippen molar-refractivity contribution >= 4 is 51.8 Å². The Hall–Kier alpha value is -3.42. The third kappa shape index (κ3) is 4.84. The summed E-state index contributed by atoms with van der Waals surface area (Å²) in [5, 5.41) is 3.32. The molecule has 0 aliphatic carbocycles. The summed E-state index contributed by atoms with van der Waals surface area (Å²) in [6.45, 7) is 0. The first-order valence-corrected chi connectivity index (χ1v) is 10.7. The number of fused-ring (bicyclic) bond motifs is 1. The molecule has 0 saturated carbocycles. The quantitative estimate of drug-likeness (QED) is 0.333. The number of carbonyl (C=O) groups is 2. The minimum absolute atomic E-state index is 0.0456. The summed E-state index contributed by atoms with van der Waals surface area (Å²) in [5.41, 5.74) is 2.04. The van der Waals surface area contributed by atoms with Crippen molar-refractivity contribution in [3.8, 4) is 0 Å². The van der Waals surface area contributed by atoms with Crippen molar-refractivity contribution in [3.05, 3.63) is 99.3 Å². The van der Waals surface area contributed by atoms with E-state index in [0.29, 0.717) is 32.9 Å². The number of hydrogen-bond donors (Lipinski definition) is 2. The number of para-hydroxylation sites is 2. The second kappa shape index (κ2) is 9.16. The summed E-state index contributed by atoms with van der Waals surface area (Å²) in [6.07, 6.45) is 0. The lowest BCUT2D eigenvalue weighted by atomic mass is 10.0. The predicted molar refractivity (Wildman–Crippen MR) is 123 cm³/mol. The van der Waals surface area contributed by atoms with Gasteiger partial charge in [-0.25, -0.2) is 4.98 Å². The van der Waals surface area contributed by atoms with Crippen molar-refractivity contribution in [2.75, 3.05) is 11.1 Å². The number of halogens is 1. The fourth-order valence-electron chi connectivity index (χ4n) is 2.99. The molecule has 31 heavy (non-hydrogen) atoms. The van der Waals surface area contributed by atoms with Crippen LogP contribution in [0, 0.1) is 0 Å². The van der Waals surface area contributed by atoms with Gasteiger partial charge in [-0.2, -0.15) is 0 Å². The molecule has 1 aromatic heterocycles. The lowest BCUT2D eigenvalue weighted by molar-refractivity contribution is -0.113. The van der Waals surface area contributed by atoms with Crippen molar-refractivity contribution in [1.82, 2.24) is 9.97 Å². The smallest absolute Gasteiger partial charge is 0.280 e. The van der Waals surface area contributed by atoms with Gasteiger partial charge in [-0.1, -0.05) is 65.8 Å². The van der Waals surface area contributed by atoms with Gasteiger partial charge in [0.05, 0.1) is 22.5 Å². The number of aromatic nitrogens is 2. The van der Waals surface area contributed by atoms with E-state index in [2.05, 4.69) is 15.3 Å². The number of aromatic amines is 1. The van der Waals surface area contributed by atoms with E-state index in [9.17, 15) is 14.4 Å². The molecule has 0 unspecified atom stereocenters. The van der Waals surface area contributed by atoms with Crippen LogP contribution in [0.3, 0.4) is 0 Å². The molecule has 0 bridgehead atoms. The highest BCUT2D eigenvalue weighted by atomic mass is 35.5. The van der Waals surface area contributed by atoms with Crippen molar-refractivity contribution in [1.29, 1.82) is 0 Å². The lowest BCUT2D eigenvalue weighted by Gasteiger charge is -2.11. The summed E-state index contributed by atoms with van der Waals surface area (Å²) in [4.78, 5) is 44.7. The number of nitrogens with zero attached hydrogens (tertiary/aromatic N) is 1. The van der Waals surface area contributed by atoms with Crippen LogP contribution in [-0.4, -0.2) is 27.4 Å². The molecule has 4 aromatic rings. The molecule has 3 aromatic carbocycles. The Morgan fingerprint density at radius 3 is 2.55 bits per heavy atom. The topological polar surface area (TPSA) is 91.9 Å². The molecule has 0 atom stereocenters. The fourth-order valence-corrected chi connectivity index (χ4v) is 3.85. The Morgan fingerprint density at radius 1 is 1.00 bits per heavy atom. The number of nitrogens with one attached hydrogen (secondary N) is 2. The monoisotopic (exact) mass is 449 g/mol. The van der Waals surface area contributed by atoms with Crippen LogP contribution in [0.15, 0.2) is 82.6 Å². The Balaban J connectivity index is 1.51. The summed E-state index contributed by atoms with van der Waals surface area (Å²) in [7, 11) is 0. The molecule has 1 amide bonds. The van der Waals surface area contributed by atoms with Gasteiger partial charge in [-0.3, -0.25) is 14.4 Å². The van der Waals surface area contributed by atoms with E-state index in [4.69, 9.17) is 11.6 Å². The highest BCUT2D eigenvalue weighted by Crippen LogP contribution is 2.24. The Bertz CT molecular complexity index is 1340. The average Bonchev–Trinajstić information content (AvgIpc) is 2.79. The minimum Gasteiger partial charge on any atom is -0.325 e. The average molecular weight is 450 g/mol. The number of rotatable bonds is 6. The minimum atomic E-state index is -0.371. The van der Waals surface area contributed by atoms with Gasteiger partial charge in [0.15, 0.2) is 10.8 Å². The Labute approximate surface area is 186 Å². The number of carbonyl (C=O) groups excluding carboxylic acids is 2. The lowest BCUT2D eigenvalue weighted by Crippen LogP contribution is -2.18.